The molecule has 2 rings (SSSR count). The molecule has 0 atom stereocenters. The maximum absolute atomic E-state index is 12.2. The lowest BCUT2D eigenvalue weighted by atomic mass is 9.73. The first-order valence-electron chi connectivity index (χ1n) is 6.23. The fraction of sp³-hybridized carbons (Fsp3) is 0.667. The predicted octanol–water partition coefficient (Wildman–Crippen LogP) is 0.935. The summed E-state index contributed by atoms with van der Waals surface area (Å²) in [5, 5.41) is 2.93. The smallest absolute Gasteiger partial charge is 0.227 e. The molecule has 0 radical (unpaired) electrons. The van der Waals surface area contributed by atoms with E-state index in [-0.39, 0.29) is 11.3 Å². The highest BCUT2D eigenvalue weighted by Gasteiger charge is 2.37. The number of H-pyrrole nitrogens is 1. The molecule has 17 heavy (non-hydrogen) atoms. The summed E-state index contributed by atoms with van der Waals surface area (Å²) < 4.78 is 0. The minimum Gasteiger partial charge on any atom is -0.348 e. The zero-order valence-electron chi connectivity index (χ0n) is 10.0. The summed E-state index contributed by atoms with van der Waals surface area (Å²) >= 11 is 0. The Morgan fingerprint density at radius 1 is 1.47 bits per heavy atom. The van der Waals surface area contributed by atoms with Crippen molar-refractivity contribution in [1.82, 2.24) is 15.3 Å². The number of nitrogens with one attached hydrogen (secondary N) is 2. The zero-order chi connectivity index (χ0) is 12.1. The van der Waals surface area contributed by atoms with Crippen molar-refractivity contribution in [3.8, 4) is 0 Å². The Labute approximate surface area is 101 Å². The van der Waals surface area contributed by atoms with Gasteiger partial charge in [-0.15, -0.1) is 0 Å². The maximum Gasteiger partial charge on any atom is 0.227 e. The van der Waals surface area contributed by atoms with Crippen LogP contribution >= 0.6 is 0 Å². The number of hydrogen-bond acceptors (Lipinski definition) is 3. The van der Waals surface area contributed by atoms with Crippen LogP contribution in [-0.4, -0.2) is 22.4 Å². The third-order valence-corrected chi connectivity index (χ3v) is 3.65. The Morgan fingerprint density at radius 3 is 2.82 bits per heavy atom. The van der Waals surface area contributed by atoms with E-state index < -0.39 is 0 Å². The van der Waals surface area contributed by atoms with Crippen molar-refractivity contribution < 1.29 is 4.79 Å². The Bertz CT molecular complexity index is 355. The lowest BCUT2D eigenvalue weighted by Gasteiger charge is -2.34. The van der Waals surface area contributed by atoms with Gasteiger partial charge in [-0.1, -0.05) is 19.3 Å². The number of carbonyl (C=O) groups is 1. The Morgan fingerprint density at radius 2 is 2.24 bits per heavy atom. The number of aromatic nitrogens is 2. The second-order valence-electron chi connectivity index (χ2n) is 4.76. The van der Waals surface area contributed by atoms with Crippen molar-refractivity contribution in [2.75, 3.05) is 6.54 Å². The first kappa shape index (κ1) is 12.1. The van der Waals surface area contributed by atoms with Crippen LogP contribution in [0.5, 0.6) is 0 Å². The molecule has 0 aromatic carbocycles. The van der Waals surface area contributed by atoms with E-state index in [2.05, 4.69) is 15.3 Å². The van der Waals surface area contributed by atoms with Gasteiger partial charge >= 0.3 is 0 Å². The molecule has 1 saturated carbocycles. The van der Waals surface area contributed by atoms with Crippen LogP contribution in [0.4, 0.5) is 0 Å². The van der Waals surface area contributed by atoms with Crippen molar-refractivity contribution in [1.29, 1.82) is 0 Å². The van der Waals surface area contributed by atoms with Gasteiger partial charge in [-0.3, -0.25) is 4.79 Å². The number of nitrogens with two attached hydrogens (primary N) is 1. The van der Waals surface area contributed by atoms with E-state index in [0.29, 0.717) is 13.1 Å². The number of carbonyl (C=O) groups excluding carboxylic acids is 1. The average molecular weight is 236 g/mol. The van der Waals surface area contributed by atoms with Crippen LogP contribution in [-0.2, 0) is 11.3 Å². The van der Waals surface area contributed by atoms with Gasteiger partial charge in [0.05, 0.1) is 12.0 Å². The van der Waals surface area contributed by atoms with Crippen molar-refractivity contribution >= 4 is 5.91 Å². The Kier molecular flexibility index (Phi) is 3.78. The molecule has 0 bridgehead atoms. The number of imidazole rings is 1. The van der Waals surface area contributed by atoms with Gasteiger partial charge < -0.3 is 16.0 Å². The molecule has 0 aliphatic heterocycles. The highest BCUT2D eigenvalue weighted by Crippen LogP contribution is 2.35. The van der Waals surface area contributed by atoms with Crippen molar-refractivity contribution in [2.24, 2.45) is 11.1 Å². The van der Waals surface area contributed by atoms with Crippen LogP contribution in [0.15, 0.2) is 12.4 Å². The first-order valence-corrected chi connectivity index (χ1v) is 6.23. The molecule has 1 fully saturated rings. The number of nitrogens with zero attached hydrogens (tertiary/aromatic N) is 1. The van der Waals surface area contributed by atoms with Gasteiger partial charge in [0.25, 0.3) is 0 Å². The van der Waals surface area contributed by atoms with Gasteiger partial charge in [0.1, 0.15) is 5.82 Å². The first-order chi connectivity index (χ1) is 8.27. The van der Waals surface area contributed by atoms with E-state index in [4.69, 9.17) is 5.73 Å². The molecular weight excluding hydrogens is 216 g/mol. The zero-order valence-corrected chi connectivity index (χ0v) is 10.0. The summed E-state index contributed by atoms with van der Waals surface area (Å²) in [6, 6.07) is 0. The quantitative estimate of drug-likeness (QED) is 0.727. The topological polar surface area (TPSA) is 83.8 Å². The molecule has 0 saturated heterocycles. The largest absolute Gasteiger partial charge is 0.348 e. The fourth-order valence-electron chi connectivity index (χ4n) is 2.50. The van der Waals surface area contributed by atoms with Crippen LogP contribution in [0.2, 0.25) is 0 Å². The number of hydrogen-bond donors (Lipinski definition) is 3. The molecule has 1 aliphatic carbocycles. The molecule has 1 amide bonds. The van der Waals surface area contributed by atoms with Crippen LogP contribution < -0.4 is 11.1 Å². The van der Waals surface area contributed by atoms with Crippen LogP contribution in [0.1, 0.15) is 37.9 Å². The standard InChI is InChI=1S/C12H20N4O/c13-9-12(4-2-1-3-5-12)11(17)16-8-10-14-6-7-15-10/h6-7H,1-5,8-9,13H2,(H,14,15)(H,16,17). The summed E-state index contributed by atoms with van der Waals surface area (Å²) in [4.78, 5) is 19.3. The number of amides is 1. The summed E-state index contributed by atoms with van der Waals surface area (Å²) in [6.45, 7) is 0.893. The monoisotopic (exact) mass is 236 g/mol. The summed E-state index contributed by atoms with van der Waals surface area (Å²) in [5.74, 6) is 0.859. The molecule has 5 nitrogen and oxygen atoms in total. The number of aromatic amines is 1. The van der Waals surface area contributed by atoms with Gasteiger partial charge in [0, 0.05) is 18.9 Å². The van der Waals surface area contributed by atoms with Crippen molar-refractivity contribution in [3.05, 3.63) is 18.2 Å². The Hall–Kier alpha value is -1.36. The highest BCUT2D eigenvalue weighted by molar-refractivity contribution is 5.82. The van der Waals surface area contributed by atoms with E-state index in [1.807, 2.05) is 0 Å². The maximum atomic E-state index is 12.2. The van der Waals surface area contributed by atoms with Crippen molar-refractivity contribution in [3.63, 3.8) is 0 Å². The van der Waals surface area contributed by atoms with E-state index in [9.17, 15) is 4.79 Å². The summed E-state index contributed by atoms with van der Waals surface area (Å²) in [5.41, 5.74) is 5.46. The second-order valence-corrected chi connectivity index (χ2v) is 4.76. The average Bonchev–Trinajstić information content (AvgIpc) is 2.90. The van der Waals surface area contributed by atoms with Gasteiger partial charge in [-0.25, -0.2) is 4.98 Å². The van der Waals surface area contributed by atoms with Crippen LogP contribution in [0, 0.1) is 5.41 Å². The highest BCUT2D eigenvalue weighted by atomic mass is 16.2. The third kappa shape index (κ3) is 2.66. The molecule has 5 heteroatoms. The van der Waals surface area contributed by atoms with E-state index in [1.54, 1.807) is 12.4 Å². The van der Waals surface area contributed by atoms with E-state index >= 15 is 0 Å². The van der Waals surface area contributed by atoms with Gasteiger partial charge in [0.2, 0.25) is 5.91 Å². The van der Waals surface area contributed by atoms with Gasteiger partial charge in [0.15, 0.2) is 0 Å². The Balaban J connectivity index is 1.93. The van der Waals surface area contributed by atoms with Crippen molar-refractivity contribution in [2.45, 2.75) is 38.6 Å². The second kappa shape index (κ2) is 5.31. The fourth-order valence-corrected chi connectivity index (χ4v) is 2.50. The molecular formula is C12H20N4O. The summed E-state index contributed by atoms with van der Waals surface area (Å²) in [7, 11) is 0. The molecule has 1 aliphatic rings. The minimum absolute atomic E-state index is 0.0797. The lowest BCUT2D eigenvalue weighted by Crippen LogP contribution is -2.47. The van der Waals surface area contributed by atoms with Gasteiger partial charge in [-0.2, -0.15) is 0 Å². The van der Waals surface area contributed by atoms with Crippen LogP contribution in [0.25, 0.3) is 0 Å². The molecule has 4 N–H and O–H groups in total. The van der Waals surface area contributed by atoms with Crippen LogP contribution in [0.3, 0.4) is 0 Å². The van der Waals surface area contributed by atoms with E-state index in [0.717, 1.165) is 31.5 Å². The SMILES string of the molecule is NCC1(C(=O)NCc2ncc[nH]2)CCCCC1. The molecule has 1 aromatic rings. The normalized spacial score (nSPS) is 18.9. The third-order valence-electron chi connectivity index (χ3n) is 3.65. The molecule has 94 valence electrons. The number of rotatable bonds is 4. The minimum atomic E-state index is -0.342. The summed E-state index contributed by atoms with van der Waals surface area (Å²) in [6.07, 6.45) is 8.67. The van der Waals surface area contributed by atoms with Gasteiger partial charge in [-0.05, 0) is 12.8 Å². The molecule has 0 unspecified atom stereocenters. The van der Waals surface area contributed by atoms with E-state index in [1.165, 1.54) is 6.42 Å². The molecule has 0 spiro atoms. The lowest BCUT2D eigenvalue weighted by molar-refractivity contribution is -0.132. The molecule has 1 aromatic heterocycles. The molecule has 1 heterocycles. The predicted molar refractivity (Wildman–Crippen MR) is 65.0 cm³/mol.